The second kappa shape index (κ2) is 10.5. The van der Waals surface area contributed by atoms with Crippen molar-refractivity contribution in [2.45, 2.75) is 50.9 Å². The summed E-state index contributed by atoms with van der Waals surface area (Å²) in [6, 6.07) is 11.5. The molecule has 234 valence electrons. The molecule has 3 saturated carbocycles. The number of fused-ring (bicyclic) bond motifs is 2. The van der Waals surface area contributed by atoms with Crippen molar-refractivity contribution in [2.24, 2.45) is 11.3 Å². The van der Waals surface area contributed by atoms with Crippen LogP contribution in [0.1, 0.15) is 55.8 Å². The number of nitrogens with one attached hydrogen (secondary N) is 4. The van der Waals surface area contributed by atoms with Gasteiger partial charge < -0.3 is 16.1 Å². The number of aromatic nitrogens is 2. The van der Waals surface area contributed by atoms with Crippen LogP contribution in [0.5, 0.6) is 0 Å². The second-order valence-corrected chi connectivity index (χ2v) is 13.0. The Labute approximate surface area is 262 Å². The average molecular weight is 627 g/mol. The van der Waals surface area contributed by atoms with E-state index in [1.165, 1.54) is 18.5 Å². The van der Waals surface area contributed by atoms with Gasteiger partial charge in [-0.3, -0.25) is 15.0 Å². The van der Waals surface area contributed by atoms with Gasteiger partial charge in [0, 0.05) is 41.6 Å². The lowest BCUT2D eigenvalue weighted by Gasteiger charge is -2.64. The minimum absolute atomic E-state index is 0.0649. The van der Waals surface area contributed by atoms with Crippen LogP contribution >= 0.6 is 0 Å². The van der Waals surface area contributed by atoms with E-state index in [-0.39, 0.29) is 27.9 Å². The Hall–Kier alpha value is -5.07. The summed E-state index contributed by atoms with van der Waals surface area (Å²) in [6.45, 7) is 1.75. The molecule has 4 aromatic rings. The van der Waals surface area contributed by atoms with Gasteiger partial charge >= 0.3 is 6.18 Å². The first-order chi connectivity index (χ1) is 21.9. The number of hydrazine groups is 2. The summed E-state index contributed by atoms with van der Waals surface area (Å²) in [5.41, 5.74) is 7.77. The number of halogens is 4. The molecule has 2 bridgehead atoms. The molecule has 0 spiro atoms. The van der Waals surface area contributed by atoms with E-state index in [2.05, 4.69) is 48.6 Å². The Morgan fingerprint density at radius 1 is 1.11 bits per heavy atom. The van der Waals surface area contributed by atoms with E-state index >= 15 is 0 Å². The molecule has 8 rings (SSSR count). The molecule has 1 atom stereocenters. The largest absolute Gasteiger partial charge is 0.395 e. The number of pyridine rings is 2. The van der Waals surface area contributed by atoms with Crippen LogP contribution in [0, 0.1) is 40.8 Å². The fourth-order valence-corrected chi connectivity index (χ4v) is 6.54. The first kappa shape index (κ1) is 29.6. The first-order valence-electron chi connectivity index (χ1n) is 14.9. The number of nitrogens with zero attached hydrogens (tertiary/aromatic N) is 4. The molecule has 2 aromatic heterocycles. The smallest absolute Gasteiger partial charge is 0.383 e. The van der Waals surface area contributed by atoms with Gasteiger partial charge in [-0.1, -0.05) is 18.1 Å². The summed E-state index contributed by atoms with van der Waals surface area (Å²) in [5, 5.41) is 19.6. The quantitative estimate of drug-likeness (QED) is 0.128. The van der Waals surface area contributed by atoms with Crippen LogP contribution in [0.4, 0.5) is 28.9 Å². The zero-order valence-corrected chi connectivity index (χ0v) is 25.1. The first-order valence-corrected chi connectivity index (χ1v) is 14.9. The molecule has 8 nitrogen and oxygen atoms in total. The highest BCUT2D eigenvalue weighted by atomic mass is 19.4. The number of hydrogen-bond donors (Lipinski definition) is 4. The molecule has 46 heavy (non-hydrogen) atoms. The molecule has 1 aliphatic heterocycles. The maximum atomic E-state index is 14.9. The number of anilines is 2. The van der Waals surface area contributed by atoms with Crippen LogP contribution in [0.15, 0.2) is 60.7 Å². The summed E-state index contributed by atoms with van der Waals surface area (Å²) in [7, 11) is 0. The SMILES string of the molecule is C#Cc1cnc2c(C#N)cc(N[C@H](C3=CN(C45CC(C4)C5)NN3)c3ccc(F)c4ncccc34)cc2c1NCC(C)(C)C(F)(F)F. The number of terminal acetylenes is 1. The predicted molar refractivity (Wildman–Crippen MR) is 167 cm³/mol. The van der Waals surface area contributed by atoms with E-state index in [0.717, 1.165) is 50.3 Å². The minimum Gasteiger partial charge on any atom is -0.383 e. The van der Waals surface area contributed by atoms with Crippen LogP contribution in [0.2, 0.25) is 0 Å². The van der Waals surface area contributed by atoms with Gasteiger partial charge in [0.05, 0.1) is 45.0 Å². The van der Waals surface area contributed by atoms with Crippen molar-refractivity contribution in [3.05, 3.63) is 83.2 Å². The fraction of sp³-hybridized carbons (Fsp3) is 0.324. The number of benzene rings is 2. The third kappa shape index (κ3) is 4.72. The Morgan fingerprint density at radius 3 is 2.57 bits per heavy atom. The molecule has 0 unspecified atom stereocenters. The number of rotatable bonds is 8. The van der Waals surface area contributed by atoms with Gasteiger partial charge in [0.25, 0.3) is 0 Å². The lowest BCUT2D eigenvalue weighted by Crippen LogP contribution is -2.69. The average Bonchev–Trinajstić information content (AvgIpc) is 3.46. The lowest BCUT2D eigenvalue weighted by atomic mass is 9.49. The fourth-order valence-electron chi connectivity index (χ4n) is 6.54. The zero-order chi connectivity index (χ0) is 32.4. The van der Waals surface area contributed by atoms with Gasteiger partial charge in [0.1, 0.15) is 17.4 Å². The van der Waals surface area contributed by atoms with Crippen molar-refractivity contribution in [3.8, 4) is 18.4 Å². The molecule has 0 radical (unpaired) electrons. The zero-order valence-electron chi connectivity index (χ0n) is 25.1. The molecule has 3 aliphatic carbocycles. The van der Waals surface area contributed by atoms with E-state index in [9.17, 15) is 22.8 Å². The predicted octanol–water partition coefficient (Wildman–Crippen LogP) is 6.65. The van der Waals surface area contributed by atoms with Crippen molar-refractivity contribution in [1.82, 2.24) is 25.9 Å². The van der Waals surface area contributed by atoms with Gasteiger partial charge in [0.15, 0.2) is 0 Å². The Balaban J connectivity index is 1.34. The van der Waals surface area contributed by atoms with Crippen LogP contribution in [-0.2, 0) is 0 Å². The standard InChI is InChI=1S/C34H30F4N8/c1-4-20-16-41-29-21(15-39)10-22(11-25(29)28(20)42-18-32(2,3)34(36,37)38)43-31(24-7-8-26(35)30-23(24)6-5-9-40-30)27-17-46(45-44-27)33-12-19(13-33)14-33/h1,5-11,16-17,19,31,43-45H,12-14,18H2,2-3H3,(H,41,42)/t19?,31-,33?/m0/s1. The topological polar surface area (TPSA) is 101 Å². The highest BCUT2D eigenvalue weighted by Crippen LogP contribution is 2.60. The summed E-state index contributed by atoms with van der Waals surface area (Å²) < 4.78 is 56.1. The maximum Gasteiger partial charge on any atom is 0.395 e. The summed E-state index contributed by atoms with van der Waals surface area (Å²) in [6.07, 6.45) is 9.52. The van der Waals surface area contributed by atoms with Gasteiger partial charge in [0.2, 0.25) is 0 Å². The Bertz CT molecular complexity index is 1990. The molecule has 2 aromatic carbocycles. The number of hydrogen-bond acceptors (Lipinski definition) is 8. The maximum absolute atomic E-state index is 14.9. The molecule has 0 amide bonds. The monoisotopic (exact) mass is 626 g/mol. The third-order valence-electron chi connectivity index (χ3n) is 9.51. The van der Waals surface area contributed by atoms with E-state index in [0.29, 0.717) is 22.0 Å². The van der Waals surface area contributed by atoms with E-state index in [4.69, 9.17) is 6.42 Å². The van der Waals surface area contributed by atoms with Crippen molar-refractivity contribution >= 4 is 33.2 Å². The van der Waals surface area contributed by atoms with E-state index < -0.39 is 30.0 Å². The second-order valence-electron chi connectivity index (χ2n) is 13.0. The number of nitriles is 1. The van der Waals surface area contributed by atoms with Gasteiger partial charge in [-0.2, -0.15) is 18.4 Å². The molecule has 4 aliphatic rings. The Kier molecular flexibility index (Phi) is 6.76. The van der Waals surface area contributed by atoms with Crippen molar-refractivity contribution in [2.75, 3.05) is 17.2 Å². The number of alkyl halides is 3. The van der Waals surface area contributed by atoms with Gasteiger partial charge in [-0.15, -0.1) is 12.0 Å². The highest BCUT2D eigenvalue weighted by molar-refractivity contribution is 5.99. The molecule has 4 N–H and O–H groups in total. The van der Waals surface area contributed by atoms with E-state index in [1.54, 1.807) is 30.3 Å². The third-order valence-corrected chi connectivity index (χ3v) is 9.51. The van der Waals surface area contributed by atoms with Gasteiger partial charge in [-0.05, 0) is 68.9 Å². The molecule has 12 heteroatoms. The summed E-state index contributed by atoms with van der Waals surface area (Å²) in [4.78, 5) is 8.66. The van der Waals surface area contributed by atoms with Crippen molar-refractivity contribution in [3.63, 3.8) is 0 Å². The van der Waals surface area contributed by atoms with Crippen LogP contribution in [0.3, 0.4) is 0 Å². The summed E-state index contributed by atoms with van der Waals surface area (Å²) in [5.74, 6) is 2.81. The van der Waals surface area contributed by atoms with Crippen molar-refractivity contribution in [1.29, 1.82) is 5.26 Å². The van der Waals surface area contributed by atoms with Crippen LogP contribution in [-0.4, -0.2) is 33.2 Å². The molecular weight excluding hydrogens is 596 g/mol. The Morgan fingerprint density at radius 2 is 1.89 bits per heavy atom. The molecule has 3 heterocycles. The van der Waals surface area contributed by atoms with E-state index in [1.807, 2.05) is 6.20 Å². The highest BCUT2D eigenvalue weighted by Gasteiger charge is 2.60. The van der Waals surface area contributed by atoms with Crippen LogP contribution < -0.4 is 21.6 Å². The summed E-state index contributed by atoms with van der Waals surface area (Å²) >= 11 is 0. The van der Waals surface area contributed by atoms with Crippen LogP contribution in [0.25, 0.3) is 21.8 Å². The van der Waals surface area contributed by atoms with Crippen molar-refractivity contribution < 1.29 is 17.6 Å². The minimum atomic E-state index is -4.47. The molecular formula is C34H30F4N8. The molecule has 0 saturated heterocycles. The van der Waals surface area contributed by atoms with Gasteiger partial charge in [-0.25, -0.2) is 4.39 Å². The molecule has 3 fully saturated rings. The lowest BCUT2D eigenvalue weighted by molar-refractivity contribution is -0.206. The normalized spacial score (nSPS) is 21.0.